The molecule has 208 valence electrons. The third-order valence-corrected chi connectivity index (χ3v) is 8.25. The van der Waals surface area contributed by atoms with Crippen molar-refractivity contribution < 1.29 is 19.2 Å². The van der Waals surface area contributed by atoms with Crippen LogP contribution in [0.25, 0.3) is 11.3 Å². The van der Waals surface area contributed by atoms with Gasteiger partial charge in [-0.3, -0.25) is 0 Å². The van der Waals surface area contributed by atoms with E-state index in [0.29, 0.717) is 49.2 Å². The number of rotatable bonds is 7. The molecule has 9 heteroatoms. The summed E-state index contributed by atoms with van der Waals surface area (Å²) in [5.41, 5.74) is 4.37. The lowest BCUT2D eigenvalue weighted by atomic mass is 10.0. The monoisotopic (exact) mass is 606 g/mol. The van der Waals surface area contributed by atoms with Crippen LogP contribution in [0, 0.1) is 11.8 Å². The van der Waals surface area contributed by atoms with Gasteiger partial charge in [-0.1, -0.05) is 57.9 Å². The minimum Gasteiger partial charge on any atom is -0.489 e. The Labute approximate surface area is 252 Å². The molecule has 1 aromatic heterocycles. The Morgan fingerprint density at radius 3 is 2.44 bits per heavy atom. The maximum atomic E-state index is 11.7. The maximum absolute atomic E-state index is 11.7. The lowest BCUT2D eigenvalue weighted by Gasteiger charge is -2.20. The van der Waals surface area contributed by atoms with Crippen molar-refractivity contribution in [1.29, 1.82) is 0 Å². The van der Waals surface area contributed by atoms with Crippen LogP contribution >= 0.6 is 34.8 Å². The smallest absolute Gasteiger partial charge is 0.337 e. The molecule has 41 heavy (non-hydrogen) atoms. The number of hydrogen-bond acceptors (Lipinski definition) is 5. The fraction of sp³-hybridized carbons (Fsp3) is 0.250. The van der Waals surface area contributed by atoms with Crippen LogP contribution in [0.15, 0.2) is 59.1 Å². The van der Waals surface area contributed by atoms with E-state index < -0.39 is 5.97 Å². The Morgan fingerprint density at radius 1 is 1.00 bits per heavy atom. The Balaban J connectivity index is 1.22. The third-order valence-electron chi connectivity index (χ3n) is 7.31. The Bertz CT molecular complexity index is 1670. The minimum atomic E-state index is -0.942. The standard InChI is InChI=1S/C32H25Cl3N2O4/c33-25-4-3-5-26(34)29(25)30-24(31(41-36-30)21-9-10-21)18-40-22-12-11-20(27(35)17-22)8-6-19-7-13-23(32(38)39)28(16-19)37-14-1-2-15-37/h3-5,7,11-13,16-17,21H,1-2,9-10,14-15,18H2,(H,38,39). The zero-order valence-corrected chi connectivity index (χ0v) is 24.2. The second-order valence-corrected chi connectivity index (χ2v) is 11.4. The molecular formula is C32H25Cl3N2O4. The van der Waals surface area contributed by atoms with Gasteiger partial charge in [0.15, 0.2) is 0 Å². The summed E-state index contributed by atoms with van der Waals surface area (Å²) in [5.74, 6) is 6.98. The number of carbonyl (C=O) groups is 1. The molecule has 0 radical (unpaired) electrons. The lowest BCUT2D eigenvalue weighted by Crippen LogP contribution is -2.20. The van der Waals surface area contributed by atoms with E-state index in [4.69, 9.17) is 44.1 Å². The van der Waals surface area contributed by atoms with E-state index in [0.717, 1.165) is 55.7 Å². The highest BCUT2D eigenvalue weighted by Gasteiger charge is 2.33. The van der Waals surface area contributed by atoms with Crippen LogP contribution in [-0.2, 0) is 6.61 Å². The Morgan fingerprint density at radius 2 is 1.76 bits per heavy atom. The number of anilines is 1. The first-order valence-electron chi connectivity index (χ1n) is 13.4. The zero-order chi connectivity index (χ0) is 28.5. The molecule has 2 aliphatic rings. The van der Waals surface area contributed by atoms with E-state index in [1.165, 1.54) is 0 Å². The summed E-state index contributed by atoms with van der Waals surface area (Å²) in [6.45, 7) is 1.89. The SMILES string of the molecule is O=C(O)c1ccc(C#Cc2ccc(OCc3c(-c4c(Cl)cccc4Cl)noc3C3CC3)cc2Cl)cc1N1CCCC1. The molecule has 2 heterocycles. The van der Waals surface area contributed by atoms with Crippen molar-refractivity contribution in [3.63, 3.8) is 0 Å². The highest BCUT2D eigenvalue weighted by Crippen LogP contribution is 2.46. The van der Waals surface area contributed by atoms with E-state index in [-0.39, 0.29) is 12.2 Å². The number of hydrogen-bond donors (Lipinski definition) is 1. The number of nitrogens with zero attached hydrogens (tertiary/aromatic N) is 2. The average Bonchev–Trinajstić information content (AvgIpc) is 3.48. The molecule has 1 aliphatic carbocycles. The Kier molecular flexibility index (Phi) is 7.86. The fourth-order valence-electron chi connectivity index (χ4n) is 5.04. The van der Waals surface area contributed by atoms with Gasteiger partial charge in [-0.25, -0.2) is 4.79 Å². The van der Waals surface area contributed by atoms with Crippen LogP contribution < -0.4 is 9.64 Å². The largest absolute Gasteiger partial charge is 0.489 e. The highest BCUT2D eigenvalue weighted by molar-refractivity contribution is 6.39. The molecule has 0 bridgehead atoms. The summed E-state index contributed by atoms with van der Waals surface area (Å²) >= 11 is 19.5. The number of aromatic carboxylic acids is 1. The first-order valence-corrected chi connectivity index (χ1v) is 14.5. The molecule has 3 aromatic carbocycles. The summed E-state index contributed by atoms with van der Waals surface area (Å²) in [6.07, 6.45) is 4.17. The van der Waals surface area contributed by atoms with Gasteiger partial charge in [0.2, 0.25) is 0 Å². The van der Waals surface area contributed by atoms with Gasteiger partial charge in [-0.2, -0.15) is 0 Å². The minimum absolute atomic E-state index is 0.211. The normalized spacial score (nSPS) is 14.6. The summed E-state index contributed by atoms with van der Waals surface area (Å²) in [4.78, 5) is 13.8. The molecule has 1 N–H and O–H groups in total. The van der Waals surface area contributed by atoms with Gasteiger partial charge < -0.3 is 19.3 Å². The molecule has 1 saturated carbocycles. The van der Waals surface area contributed by atoms with Gasteiger partial charge in [-0.15, -0.1) is 0 Å². The molecular weight excluding hydrogens is 583 g/mol. The second-order valence-electron chi connectivity index (χ2n) is 10.2. The molecule has 6 rings (SSSR count). The van der Waals surface area contributed by atoms with Crippen LogP contribution in [0.5, 0.6) is 5.75 Å². The van der Waals surface area contributed by atoms with E-state index in [2.05, 4.69) is 21.9 Å². The van der Waals surface area contributed by atoms with Crippen LogP contribution in [0.3, 0.4) is 0 Å². The molecule has 6 nitrogen and oxygen atoms in total. The van der Waals surface area contributed by atoms with Crippen molar-refractivity contribution in [2.45, 2.75) is 38.2 Å². The highest BCUT2D eigenvalue weighted by atomic mass is 35.5. The number of aromatic nitrogens is 1. The Hall–Kier alpha value is -3.63. The molecule has 1 saturated heterocycles. The average molecular weight is 608 g/mol. The molecule has 4 aromatic rings. The van der Waals surface area contributed by atoms with Crippen LogP contribution in [0.2, 0.25) is 15.1 Å². The van der Waals surface area contributed by atoms with E-state index in [9.17, 15) is 9.90 Å². The third kappa shape index (κ3) is 5.90. The summed E-state index contributed by atoms with van der Waals surface area (Å²) in [5, 5.41) is 15.4. The summed E-state index contributed by atoms with van der Waals surface area (Å²) in [6, 6.07) is 15.8. The predicted octanol–water partition coefficient (Wildman–Crippen LogP) is 8.46. The van der Waals surface area contributed by atoms with Crippen LogP contribution in [-0.4, -0.2) is 29.3 Å². The van der Waals surface area contributed by atoms with Crippen molar-refractivity contribution >= 4 is 46.5 Å². The molecule has 2 fully saturated rings. The van der Waals surface area contributed by atoms with Gasteiger partial charge in [0, 0.05) is 41.8 Å². The summed E-state index contributed by atoms with van der Waals surface area (Å²) < 4.78 is 11.9. The van der Waals surface area contributed by atoms with Crippen molar-refractivity contribution in [2.24, 2.45) is 0 Å². The van der Waals surface area contributed by atoms with E-state index in [1.807, 2.05) is 12.1 Å². The lowest BCUT2D eigenvalue weighted by molar-refractivity contribution is 0.0697. The van der Waals surface area contributed by atoms with Crippen molar-refractivity contribution in [2.75, 3.05) is 18.0 Å². The van der Waals surface area contributed by atoms with E-state index in [1.54, 1.807) is 42.5 Å². The quantitative estimate of drug-likeness (QED) is 0.213. The van der Waals surface area contributed by atoms with Crippen molar-refractivity contribution in [3.05, 3.63) is 97.7 Å². The second kappa shape index (κ2) is 11.7. The maximum Gasteiger partial charge on any atom is 0.337 e. The molecule has 1 aliphatic heterocycles. The molecule has 0 atom stereocenters. The van der Waals surface area contributed by atoms with E-state index >= 15 is 0 Å². The number of carboxylic acids is 1. The van der Waals surface area contributed by atoms with Gasteiger partial charge in [0.05, 0.1) is 31.9 Å². The number of ether oxygens (including phenoxy) is 1. The van der Waals surface area contributed by atoms with Crippen molar-refractivity contribution in [3.8, 4) is 28.8 Å². The van der Waals surface area contributed by atoms with Gasteiger partial charge in [0.1, 0.15) is 23.8 Å². The fourth-order valence-corrected chi connectivity index (χ4v) is 5.83. The molecule has 0 unspecified atom stereocenters. The number of halogens is 3. The summed E-state index contributed by atoms with van der Waals surface area (Å²) in [7, 11) is 0. The van der Waals surface area contributed by atoms with Gasteiger partial charge in [0.25, 0.3) is 0 Å². The first-order chi connectivity index (χ1) is 19.9. The number of benzene rings is 3. The molecule has 0 spiro atoms. The number of carboxylic acid groups (broad SMARTS) is 1. The molecule has 0 amide bonds. The van der Waals surface area contributed by atoms with Crippen LogP contribution in [0.4, 0.5) is 5.69 Å². The van der Waals surface area contributed by atoms with Crippen LogP contribution in [0.1, 0.15) is 64.4 Å². The first kappa shape index (κ1) is 27.5. The van der Waals surface area contributed by atoms with Crippen molar-refractivity contribution in [1.82, 2.24) is 5.16 Å². The predicted molar refractivity (Wildman–Crippen MR) is 161 cm³/mol. The zero-order valence-electron chi connectivity index (χ0n) is 21.9. The topological polar surface area (TPSA) is 75.8 Å². The van der Waals surface area contributed by atoms with Gasteiger partial charge >= 0.3 is 5.97 Å². The van der Waals surface area contributed by atoms with Gasteiger partial charge in [-0.05, 0) is 68.1 Å².